The Balaban J connectivity index is 1.16. The zero-order valence-electron chi connectivity index (χ0n) is 18.4. The van der Waals surface area contributed by atoms with Gasteiger partial charge in [-0.3, -0.25) is 4.90 Å². The Morgan fingerprint density at radius 3 is 2.87 bits per heavy atom. The van der Waals surface area contributed by atoms with Gasteiger partial charge in [0.05, 0.1) is 17.7 Å². The second kappa shape index (κ2) is 8.85. The van der Waals surface area contributed by atoms with Crippen LogP contribution >= 0.6 is 0 Å². The van der Waals surface area contributed by atoms with Crippen molar-refractivity contribution in [2.75, 3.05) is 51.8 Å². The van der Waals surface area contributed by atoms with Crippen molar-refractivity contribution in [2.24, 2.45) is 5.92 Å². The predicted octanol–water partition coefficient (Wildman–Crippen LogP) is 3.26. The fourth-order valence-corrected chi connectivity index (χ4v) is 4.84. The lowest BCUT2D eigenvalue weighted by Crippen LogP contribution is -2.57. The topological polar surface area (TPSA) is 57.9 Å². The summed E-state index contributed by atoms with van der Waals surface area (Å²) >= 11 is 0. The van der Waals surface area contributed by atoms with Crippen LogP contribution in [0.3, 0.4) is 0 Å². The Morgan fingerprint density at radius 1 is 1.06 bits per heavy atom. The second-order valence-corrected chi connectivity index (χ2v) is 9.06. The van der Waals surface area contributed by atoms with E-state index in [1.165, 1.54) is 12.8 Å². The third-order valence-electron chi connectivity index (χ3n) is 6.39. The van der Waals surface area contributed by atoms with Gasteiger partial charge in [0.15, 0.2) is 11.4 Å². The van der Waals surface area contributed by atoms with E-state index < -0.39 is 0 Å². The number of para-hydroxylation sites is 1. The van der Waals surface area contributed by atoms with E-state index in [1.54, 1.807) is 0 Å². The number of benzene rings is 1. The lowest BCUT2D eigenvalue weighted by atomic mass is 9.91. The van der Waals surface area contributed by atoms with Gasteiger partial charge in [0, 0.05) is 50.7 Å². The molecule has 2 fully saturated rings. The van der Waals surface area contributed by atoms with E-state index in [4.69, 9.17) is 9.26 Å². The molecular formula is C24H31N5O2. The molecule has 4 heterocycles. The van der Waals surface area contributed by atoms with Crippen LogP contribution < -0.4 is 9.64 Å². The van der Waals surface area contributed by atoms with Crippen LogP contribution in [0.25, 0.3) is 11.0 Å². The van der Waals surface area contributed by atoms with Crippen molar-refractivity contribution in [3.05, 3.63) is 48.2 Å². The van der Waals surface area contributed by atoms with E-state index >= 15 is 0 Å². The van der Waals surface area contributed by atoms with Gasteiger partial charge >= 0.3 is 0 Å². The number of ether oxygens (including phenoxy) is 1. The summed E-state index contributed by atoms with van der Waals surface area (Å²) in [5.74, 6) is 2.28. The van der Waals surface area contributed by atoms with Crippen molar-refractivity contribution in [2.45, 2.75) is 25.4 Å². The number of hydrogen-bond acceptors (Lipinski definition) is 7. The standard InChI is InChI=1S/C24H31N5O2/c1-27(2)15-19-6-5-9-23(25-19)30-17-18-10-11-20-16-29(13-12-28(20)14-18)24-21-7-3-4-8-22(21)31-26-24/h3-9,18,20H,10-17H2,1-2H3/t18-,20+/m1/s1. The number of nitrogens with zero attached hydrogens (tertiary/aromatic N) is 5. The summed E-state index contributed by atoms with van der Waals surface area (Å²) in [7, 11) is 4.11. The van der Waals surface area contributed by atoms with Crippen LogP contribution in [-0.2, 0) is 6.54 Å². The first kappa shape index (κ1) is 20.3. The number of piperidine rings is 1. The minimum absolute atomic E-state index is 0.551. The molecule has 2 atom stereocenters. The summed E-state index contributed by atoms with van der Waals surface area (Å²) in [6.45, 7) is 5.70. The molecule has 31 heavy (non-hydrogen) atoms. The van der Waals surface area contributed by atoms with Crippen LogP contribution in [0.15, 0.2) is 47.0 Å². The molecule has 0 aliphatic carbocycles. The highest BCUT2D eigenvalue weighted by atomic mass is 16.5. The molecule has 2 aliphatic heterocycles. The summed E-state index contributed by atoms with van der Waals surface area (Å²) in [5.41, 5.74) is 1.91. The van der Waals surface area contributed by atoms with Crippen molar-refractivity contribution < 1.29 is 9.26 Å². The van der Waals surface area contributed by atoms with E-state index in [2.05, 4.69) is 57.1 Å². The highest BCUT2D eigenvalue weighted by Gasteiger charge is 2.34. The molecule has 0 bridgehead atoms. The molecule has 0 saturated carbocycles. The Morgan fingerprint density at radius 2 is 1.97 bits per heavy atom. The molecule has 2 aromatic heterocycles. The number of anilines is 1. The molecule has 2 saturated heterocycles. The fourth-order valence-electron chi connectivity index (χ4n) is 4.84. The Hall–Kier alpha value is -2.64. The Bertz CT molecular complexity index is 1020. The van der Waals surface area contributed by atoms with E-state index in [0.717, 1.165) is 67.7 Å². The van der Waals surface area contributed by atoms with Crippen LogP contribution in [0.2, 0.25) is 0 Å². The zero-order chi connectivity index (χ0) is 21.2. The van der Waals surface area contributed by atoms with Gasteiger partial charge in [-0.05, 0) is 45.1 Å². The van der Waals surface area contributed by atoms with Gasteiger partial charge in [0.25, 0.3) is 0 Å². The quantitative estimate of drug-likeness (QED) is 0.605. The molecule has 7 heteroatoms. The zero-order valence-corrected chi connectivity index (χ0v) is 18.4. The normalized spacial score (nSPS) is 22.1. The van der Waals surface area contributed by atoms with E-state index in [0.29, 0.717) is 12.0 Å². The maximum Gasteiger partial charge on any atom is 0.213 e. The number of fused-ring (bicyclic) bond motifs is 2. The summed E-state index contributed by atoms with van der Waals surface area (Å²) in [4.78, 5) is 11.8. The maximum atomic E-state index is 6.09. The molecular weight excluding hydrogens is 390 g/mol. The van der Waals surface area contributed by atoms with Crippen molar-refractivity contribution in [3.8, 4) is 5.88 Å². The number of pyridine rings is 1. The lowest BCUT2D eigenvalue weighted by Gasteiger charge is -2.46. The van der Waals surface area contributed by atoms with Crippen molar-refractivity contribution in [3.63, 3.8) is 0 Å². The van der Waals surface area contributed by atoms with Crippen LogP contribution in [0, 0.1) is 5.92 Å². The number of rotatable bonds is 6. The minimum Gasteiger partial charge on any atom is -0.477 e. The van der Waals surface area contributed by atoms with Crippen LogP contribution in [0.5, 0.6) is 5.88 Å². The van der Waals surface area contributed by atoms with Crippen LogP contribution in [0.4, 0.5) is 5.82 Å². The third-order valence-corrected chi connectivity index (χ3v) is 6.39. The summed E-state index contributed by atoms with van der Waals surface area (Å²) < 4.78 is 11.6. The molecule has 0 unspecified atom stereocenters. The third kappa shape index (κ3) is 4.52. The first-order valence-electron chi connectivity index (χ1n) is 11.2. The lowest BCUT2D eigenvalue weighted by molar-refractivity contribution is 0.0716. The highest BCUT2D eigenvalue weighted by Crippen LogP contribution is 2.31. The van der Waals surface area contributed by atoms with Crippen molar-refractivity contribution in [1.82, 2.24) is 19.9 Å². The molecule has 0 amide bonds. The summed E-state index contributed by atoms with van der Waals surface area (Å²) in [6.07, 6.45) is 2.38. The molecule has 1 aromatic carbocycles. The molecule has 0 spiro atoms. The molecule has 164 valence electrons. The minimum atomic E-state index is 0.551. The molecule has 3 aromatic rings. The summed E-state index contributed by atoms with van der Waals surface area (Å²) in [5, 5.41) is 5.47. The Labute approximate surface area is 183 Å². The van der Waals surface area contributed by atoms with Gasteiger partial charge in [-0.15, -0.1) is 0 Å². The largest absolute Gasteiger partial charge is 0.477 e. The van der Waals surface area contributed by atoms with Crippen molar-refractivity contribution >= 4 is 16.8 Å². The van der Waals surface area contributed by atoms with Gasteiger partial charge in [0.2, 0.25) is 5.88 Å². The van der Waals surface area contributed by atoms with E-state index in [9.17, 15) is 0 Å². The first-order valence-corrected chi connectivity index (χ1v) is 11.2. The monoisotopic (exact) mass is 421 g/mol. The van der Waals surface area contributed by atoms with Crippen LogP contribution in [0.1, 0.15) is 18.5 Å². The average Bonchev–Trinajstić information content (AvgIpc) is 3.21. The van der Waals surface area contributed by atoms with Crippen molar-refractivity contribution in [1.29, 1.82) is 0 Å². The van der Waals surface area contributed by atoms with Gasteiger partial charge in [0.1, 0.15) is 0 Å². The van der Waals surface area contributed by atoms with Gasteiger partial charge in [-0.25, -0.2) is 4.98 Å². The molecule has 5 rings (SSSR count). The van der Waals surface area contributed by atoms with E-state index in [-0.39, 0.29) is 0 Å². The predicted molar refractivity (Wildman–Crippen MR) is 121 cm³/mol. The molecule has 0 N–H and O–H groups in total. The second-order valence-electron chi connectivity index (χ2n) is 9.06. The first-order chi connectivity index (χ1) is 15.2. The van der Waals surface area contributed by atoms with Gasteiger partial charge in [-0.1, -0.05) is 23.4 Å². The number of piperazine rings is 1. The summed E-state index contributed by atoms with van der Waals surface area (Å²) in [6, 6.07) is 14.7. The number of hydrogen-bond donors (Lipinski definition) is 0. The molecule has 7 nitrogen and oxygen atoms in total. The Kier molecular flexibility index (Phi) is 5.78. The van der Waals surface area contributed by atoms with E-state index in [1.807, 2.05) is 24.3 Å². The SMILES string of the molecule is CN(C)Cc1cccc(OC[C@@H]2CC[C@H]3CN(c4noc5ccccc45)CCN3C2)n1. The average molecular weight is 422 g/mol. The highest BCUT2D eigenvalue weighted by molar-refractivity contribution is 5.88. The maximum absolute atomic E-state index is 6.09. The molecule has 0 radical (unpaired) electrons. The smallest absolute Gasteiger partial charge is 0.213 e. The van der Waals surface area contributed by atoms with Gasteiger partial charge < -0.3 is 19.1 Å². The molecule has 2 aliphatic rings. The fraction of sp³-hybridized carbons (Fsp3) is 0.500. The van der Waals surface area contributed by atoms with Crippen LogP contribution in [-0.4, -0.2) is 72.9 Å². The number of aromatic nitrogens is 2. The van der Waals surface area contributed by atoms with Gasteiger partial charge in [-0.2, -0.15) is 0 Å².